The second-order valence-corrected chi connectivity index (χ2v) is 5.56. The number of nitrogens with zero attached hydrogens (tertiary/aromatic N) is 1. The molecule has 0 unspecified atom stereocenters. The van der Waals surface area contributed by atoms with Crippen molar-refractivity contribution in [1.82, 2.24) is 10.3 Å². The quantitative estimate of drug-likeness (QED) is 0.834. The number of aromatic nitrogens is 1. The van der Waals surface area contributed by atoms with Gasteiger partial charge in [-0.25, -0.2) is 4.98 Å². The van der Waals surface area contributed by atoms with Crippen LogP contribution in [0.3, 0.4) is 0 Å². The third-order valence-corrected chi connectivity index (χ3v) is 2.53. The Morgan fingerprint density at radius 3 is 2.32 bits per heavy atom. The smallest absolute Gasteiger partial charge is 0.368 e. The summed E-state index contributed by atoms with van der Waals surface area (Å²) in [7, 11) is 0. The molecule has 0 fully saturated rings. The monoisotopic (exact) mass is 295 g/mol. The maximum atomic E-state index is 12.4. The lowest BCUT2D eigenvalue weighted by atomic mass is 10.1. The number of nitrogens with one attached hydrogen (secondary N) is 2. The zero-order valence-electron chi connectivity index (χ0n) is 11.0. The molecule has 1 aromatic heterocycles. The molecule has 7 heteroatoms. The van der Waals surface area contributed by atoms with Crippen molar-refractivity contribution in [3.05, 3.63) is 22.8 Å². The molecule has 0 spiro atoms. The van der Waals surface area contributed by atoms with Crippen molar-refractivity contribution in [2.45, 2.75) is 32.5 Å². The van der Waals surface area contributed by atoms with E-state index in [0.29, 0.717) is 13.1 Å². The molecule has 1 aromatic rings. The second-order valence-electron chi connectivity index (χ2n) is 5.16. The molecule has 0 bridgehead atoms. The van der Waals surface area contributed by atoms with Crippen LogP contribution in [-0.4, -0.2) is 23.6 Å². The van der Waals surface area contributed by atoms with Crippen LogP contribution in [0, 0.1) is 0 Å². The van der Waals surface area contributed by atoms with E-state index in [4.69, 9.17) is 11.6 Å². The van der Waals surface area contributed by atoms with Crippen molar-refractivity contribution < 1.29 is 13.2 Å². The molecular weight excluding hydrogens is 279 g/mol. The molecule has 0 aromatic carbocycles. The van der Waals surface area contributed by atoms with E-state index in [-0.39, 0.29) is 16.4 Å². The Hall–Kier alpha value is -1.01. The Labute approximate surface area is 115 Å². The summed E-state index contributed by atoms with van der Waals surface area (Å²) < 4.78 is 37.2. The largest absolute Gasteiger partial charge is 0.417 e. The van der Waals surface area contributed by atoms with Crippen LogP contribution in [0.5, 0.6) is 0 Å². The fourth-order valence-corrected chi connectivity index (χ4v) is 1.57. The Morgan fingerprint density at radius 2 is 1.84 bits per heavy atom. The standard InChI is InChI=1S/C12H17ClF3N3/c1-11(2,3)19-5-4-17-10-9(13)6-8(7-18-10)12(14,15)16/h6-7,19H,4-5H2,1-3H3,(H,17,18). The van der Waals surface area contributed by atoms with Gasteiger partial charge in [-0.1, -0.05) is 11.6 Å². The average molecular weight is 296 g/mol. The first-order chi connectivity index (χ1) is 8.59. The van der Waals surface area contributed by atoms with Gasteiger partial charge in [0.05, 0.1) is 10.6 Å². The van der Waals surface area contributed by atoms with E-state index in [9.17, 15) is 13.2 Å². The molecule has 0 aliphatic rings. The maximum absolute atomic E-state index is 12.4. The molecule has 108 valence electrons. The normalized spacial score (nSPS) is 12.6. The molecule has 0 amide bonds. The van der Waals surface area contributed by atoms with Gasteiger partial charge in [0.1, 0.15) is 5.82 Å². The predicted octanol–water partition coefficient (Wildman–Crippen LogP) is 3.55. The summed E-state index contributed by atoms with van der Waals surface area (Å²) >= 11 is 5.76. The molecular formula is C12H17ClF3N3. The molecule has 0 atom stereocenters. The van der Waals surface area contributed by atoms with Gasteiger partial charge in [-0.05, 0) is 26.8 Å². The first kappa shape index (κ1) is 16.0. The van der Waals surface area contributed by atoms with Crippen LogP contribution in [0.1, 0.15) is 26.3 Å². The minimum Gasteiger partial charge on any atom is -0.368 e. The highest BCUT2D eigenvalue weighted by Crippen LogP contribution is 2.32. The van der Waals surface area contributed by atoms with Gasteiger partial charge in [-0.15, -0.1) is 0 Å². The lowest BCUT2D eigenvalue weighted by molar-refractivity contribution is -0.137. The molecule has 0 aliphatic carbocycles. The van der Waals surface area contributed by atoms with Gasteiger partial charge in [-0.3, -0.25) is 0 Å². The highest BCUT2D eigenvalue weighted by atomic mass is 35.5. The Bertz CT molecular complexity index is 427. The van der Waals surface area contributed by atoms with E-state index in [1.54, 1.807) is 0 Å². The van der Waals surface area contributed by atoms with Crippen molar-refractivity contribution in [3.8, 4) is 0 Å². The molecule has 3 nitrogen and oxygen atoms in total. The number of anilines is 1. The lowest BCUT2D eigenvalue weighted by Crippen LogP contribution is -2.38. The fraction of sp³-hybridized carbons (Fsp3) is 0.583. The molecule has 0 aliphatic heterocycles. The number of hydrogen-bond donors (Lipinski definition) is 2. The zero-order valence-corrected chi connectivity index (χ0v) is 11.8. The third-order valence-electron chi connectivity index (χ3n) is 2.24. The summed E-state index contributed by atoms with van der Waals surface area (Å²) in [6, 6.07) is 0.869. The first-order valence-corrected chi connectivity index (χ1v) is 6.19. The second kappa shape index (κ2) is 5.96. The van der Waals surface area contributed by atoms with Crippen LogP contribution >= 0.6 is 11.6 Å². The van der Waals surface area contributed by atoms with Crippen LogP contribution in [0.25, 0.3) is 0 Å². The van der Waals surface area contributed by atoms with E-state index in [1.807, 2.05) is 20.8 Å². The van der Waals surface area contributed by atoms with Crippen LogP contribution in [0.2, 0.25) is 5.02 Å². The number of halogens is 4. The first-order valence-electron chi connectivity index (χ1n) is 5.81. The zero-order chi connectivity index (χ0) is 14.7. The van der Waals surface area contributed by atoms with Gasteiger partial charge in [0.15, 0.2) is 0 Å². The topological polar surface area (TPSA) is 37.0 Å². The summed E-state index contributed by atoms with van der Waals surface area (Å²) in [5.41, 5.74) is -0.866. The Morgan fingerprint density at radius 1 is 1.21 bits per heavy atom. The highest BCUT2D eigenvalue weighted by molar-refractivity contribution is 6.32. The minimum absolute atomic E-state index is 0.0148. The summed E-state index contributed by atoms with van der Waals surface area (Å²) in [6.45, 7) is 7.25. The predicted molar refractivity (Wildman–Crippen MR) is 70.5 cm³/mol. The summed E-state index contributed by atoms with van der Waals surface area (Å²) in [4.78, 5) is 3.69. The van der Waals surface area contributed by atoms with Gasteiger partial charge in [0.25, 0.3) is 0 Å². The van der Waals surface area contributed by atoms with Crippen LogP contribution in [0.15, 0.2) is 12.3 Å². The van der Waals surface area contributed by atoms with Crippen molar-refractivity contribution in [3.63, 3.8) is 0 Å². The van der Waals surface area contributed by atoms with E-state index in [1.165, 1.54) is 0 Å². The number of rotatable bonds is 4. The molecule has 19 heavy (non-hydrogen) atoms. The van der Waals surface area contributed by atoms with E-state index in [2.05, 4.69) is 15.6 Å². The van der Waals surface area contributed by atoms with Crippen molar-refractivity contribution >= 4 is 17.4 Å². The average Bonchev–Trinajstić information content (AvgIpc) is 2.23. The van der Waals surface area contributed by atoms with Crippen molar-refractivity contribution in [2.75, 3.05) is 18.4 Å². The third kappa shape index (κ3) is 5.65. The fourth-order valence-electron chi connectivity index (χ4n) is 1.34. The summed E-state index contributed by atoms with van der Waals surface area (Å²) in [6.07, 6.45) is -3.66. The molecule has 0 saturated heterocycles. The number of alkyl halides is 3. The van der Waals surface area contributed by atoms with Gasteiger partial charge in [-0.2, -0.15) is 13.2 Å². The van der Waals surface area contributed by atoms with Crippen LogP contribution in [0.4, 0.5) is 19.0 Å². The summed E-state index contributed by atoms with van der Waals surface area (Å²) in [5, 5.41) is 6.09. The SMILES string of the molecule is CC(C)(C)NCCNc1ncc(C(F)(F)F)cc1Cl. The number of hydrogen-bond acceptors (Lipinski definition) is 3. The maximum Gasteiger partial charge on any atom is 0.417 e. The van der Waals surface area contributed by atoms with Gasteiger partial charge in [0, 0.05) is 24.8 Å². The van der Waals surface area contributed by atoms with Gasteiger partial charge in [0.2, 0.25) is 0 Å². The molecule has 1 heterocycles. The molecule has 2 N–H and O–H groups in total. The molecule has 0 radical (unpaired) electrons. The Balaban J connectivity index is 2.57. The van der Waals surface area contributed by atoms with Crippen LogP contribution < -0.4 is 10.6 Å². The van der Waals surface area contributed by atoms with E-state index < -0.39 is 11.7 Å². The van der Waals surface area contributed by atoms with Crippen molar-refractivity contribution in [2.24, 2.45) is 0 Å². The van der Waals surface area contributed by atoms with Crippen molar-refractivity contribution in [1.29, 1.82) is 0 Å². The molecule has 0 saturated carbocycles. The summed E-state index contributed by atoms with van der Waals surface area (Å²) in [5.74, 6) is 0.255. The van der Waals surface area contributed by atoms with Gasteiger partial charge < -0.3 is 10.6 Å². The Kier molecular flexibility index (Phi) is 5.04. The van der Waals surface area contributed by atoms with Crippen LogP contribution in [-0.2, 0) is 6.18 Å². The van der Waals surface area contributed by atoms with Gasteiger partial charge >= 0.3 is 6.18 Å². The van der Waals surface area contributed by atoms with E-state index >= 15 is 0 Å². The minimum atomic E-state index is -4.43. The lowest BCUT2D eigenvalue weighted by Gasteiger charge is -2.20. The highest BCUT2D eigenvalue weighted by Gasteiger charge is 2.31. The van der Waals surface area contributed by atoms with E-state index in [0.717, 1.165) is 12.3 Å². The molecule has 1 rings (SSSR count). The number of pyridine rings is 1.